The maximum atomic E-state index is 11.1. The molecule has 5 heteroatoms. The first kappa shape index (κ1) is 16.6. The van der Waals surface area contributed by atoms with Crippen molar-refractivity contribution in [2.24, 2.45) is 0 Å². The van der Waals surface area contributed by atoms with Gasteiger partial charge in [0.15, 0.2) is 0 Å². The highest BCUT2D eigenvalue weighted by molar-refractivity contribution is 6.48. The topological polar surface area (TPSA) is 59.3 Å². The number of benzene rings is 2. The highest BCUT2D eigenvalue weighted by Gasteiger charge is 2.08. The van der Waals surface area contributed by atoms with Gasteiger partial charge in [-0.25, -0.2) is 0 Å². The zero-order valence-electron chi connectivity index (χ0n) is 12.5. The van der Waals surface area contributed by atoms with Crippen molar-refractivity contribution in [3.05, 3.63) is 65.7 Å². The van der Waals surface area contributed by atoms with Crippen molar-refractivity contribution >= 4 is 22.6 Å². The van der Waals surface area contributed by atoms with Crippen molar-refractivity contribution in [3.8, 4) is 17.6 Å². The van der Waals surface area contributed by atoms with E-state index in [-0.39, 0.29) is 6.61 Å². The summed E-state index contributed by atoms with van der Waals surface area (Å²) in [6, 6.07) is 14.2. The highest BCUT2D eigenvalue weighted by Crippen LogP contribution is 2.29. The quantitative estimate of drug-likeness (QED) is 0.607. The summed E-state index contributed by atoms with van der Waals surface area (Å²) in [6.45, 7) is 5.18. The molecular weight excluding hydrogens is 314 g/mol. The molecule has 0 amide bonds. The van der Waals surface area contributed by atoms with Gasteiger partial charge in [0.1, 0.15) is 18.1 Å². The van der Waals surface area contributed by atoms with Crippen LogP contribution in [0.15, 0.2) is 49.0 Å². The fourth-order valence-corrected chi connectivity index (χ4v) is 2.06. The molecule has 2 aromatic rings. The molecule has 0 saturated carbocycles. The van der Waals surface area contributed by atoms with Crippen molar-refractivity contribution in [3.63, 3.8) is 0 Å². The Kier molecular flexibility index (Phi) is 5.40. The van der Waals surface area contributed by atoms with Gasteiger partial charge >= 0.3 is 5.97 Å². The molecule has 0 bridgehead atoms. The van der Waals surface area contributed by atoms with E-state index in [0.717, 1.165) is 5.56 Å². The van der Waals surface area contributed by atoms with Crippen LogP contribution in [0.4, 0.5) is 0 Å². The number of rotatable bonds is 5. The number of ether oxygens (including phenoxy) is 2. The van der Waals surface area contributed by atoms with Crippen molar-refractivity contribution < 1.29 is 14.3 Å². The van der Waals surface area contributed by atoms with Crippen LogP contribution in [0.2, 0.25) is 0 Å². The molecule has 0 N–H and O–H groups in total. The van der Waals surface area contributed by atoms with E-state index in [1.54, 1.807) is 30.3 Å². The number of carbonyl (C=O) groups is 1. The largest absolute Gasteiger partial charge is 0.489 e. The molecule has 4 nitrogen and oxygen atoms in total. The second kappa shape index (κ2) is 7.48. The summed E-state index contributed by atoms with van der Waals surface area (Å²) >= 11 is 5.91. The Morgan fingerprint density at radius 2 is 1.96 bits per heavy atom. The normalized spacial score (nSPS) is 9.78. The molecule has 0 aliphatic heterocycles. The molecular formula is C18H14ClNO3. The van der Waals surface area contributed by atoms with Crippen molar-refractivity contribution in [2.45, 2.75) is 13.5 Å². The second-order valence-electron chi connectivity index (χ2n) is 4.75. The summed E-state index contributed by atoms with van der Waals surface area (Å²) in [6.07, 6.45) is 0. The van der Waals surface area contributed by atoms with Gasteiger partial charge in [-0.05, 0) is 23.8 Å². The van der Waals surface area contributed by atoms with Crippen LogP contribution in [0.5, 0.6) is 11.5 Å². The van der Waals surface area contributed by atoms with Crippen molar-refractivity contribution in [2.75, 3.05) is 0 Å². The Labute approximate surface area is 139 Å². The van der Waals surface area contributed by atoms with E-state index < -0.39 is 5.97 Å². The van der Waals surface area contributed by atoms with E-state index in [2.05, 4.69) is 12.6 Å². The Hall–Kier alpha value is -2.77. The van der Waals surface area contributed by atoms with E-state index >= 15 is 0 Å². The molecule has 0 aromatic heterocycles. The molecule has 0 fully saturated rings. The summed E-state index contributed by atoms with van der Waals surface area (Å²) in [4.78, 5) is 11.1. The number of carbonyl (C=O) groups excluding carboxylic acids is 1. The van der Waals surface area contributed by atoms with Crippen LogP contribution in [-0.2, 0) is 11.4 Å². The van der Waals surface area contributed by atoms with Gasteiger partial charge in [0, 0.05) is 23.6 Å². The Balaban J connectivity index is 2.25. The minimum Gasteiger partial charge on any atom is -0.489 e. The van der Waals surface area contributed by atoms with E-state index in [1.165, 1.54) is 6.92 Å². The Bertz CT molecular complexity index is 793. The molecule has 0 spiro atoms. The number of esters is 1. The maximum absolute atomic E-state index is 11.1. The molecule has 2 rings (SSSR count). The Morgan fingerprint density at radius 1 is 1.26 bits per heavy atom. The van der Waals surface area contributed by atoms with E-state index in [1.807, 2.05) is 12.1 Å². The third-order valence-corrected chi connectivity index (χ3v) is 3.21. The highest BCUT2D eigenvalue weighted by atomic mass is 35.5. The average molecular weight is 328 g/mol. The number of halogens is 1. The molecule has 0 aliphatic carbocycles. The molecule has 0 aliphatic rings. The van der Waals surface area contributed by atoms with Crippen molar-refractivity contribution in [1.29, 1.82) is 5.26 Å². The summed E-state index contributed by atoms with van der Waals surface area (Å²) in [5.74, 6) is 0.344. The summed E-state index contributed by atoms with van der Waals surface area (Å²) < 4.78 is 10.8. The number of nitrogens with zero attached hydrogens (tertiary/aromatic N) is 1. The van der Waals surface area contributed by atoms with Gasteiger partial charge in [0.05, 0.1) is 11.6 Å². The van der Waals surface area contributed by atoms with Crippen LogP contribution in [0.3, 0.4) is 0 Å². The lowest BCUT2D eigenvalue weighted by molar-refractivity contribution is -0.131. The van der Waals surface area contributed by atoms with Crippen LogP contribution in [-0.4, -0.2) is 5.97 Å². The molecule has 116 valence electrons. The first-order valence-electron chi connectivity index (χ1n) is 6.78. The van der Waals surface area contributed by atoms with E-state index in [4.69, 9.17) is 26.3 Å². The third-order valence-electron chi connectivity index (χ3n) is 2.99. The van der Waals surface area contributed by atoms with Crippen LogP contribution < -0.4 is 9.47 Å². The first-order valence-corrected chi connectivity index (χ1v) is 7.16. The summed E-state index contributed by atoms with van der Waals surface area (Å²) in [5.41, 5.74) is 1.90. The molecule has 0 atom stereocenters. The zero-order chi connectivity index (χ0) is 16.8. The van der Waals surface area contributed by atoms with Crippen LogP contribution >= 0.6 is 11.6 Å². The fourth-order valence-electron chi connectivity index (χ4n) is 1.95. The lowest BCUT2D eigenvalue weighted by Crippen LogP contribution is -2.03. The number of hydrogen-bond acceptors (Lipinski definition) is 4. The minimum atomic E-state index is -0.442. The predicted octanol–water partition coefficient (Wildman–Crippen LogP) is 4.27. The molecule has 2 aromatic carbocycles. The smallest absolute Gasteiger partial charge is 0.308 e. The van der Waals surface area contributed by atoms with Gasteiger partial charge in [0.25, 0.3) is 0 Å². The van der Waals surface area contributed by atoms with E-state index in [9.17, 15) is 4.79 Å². The van der Waals surface area contributed by atoms with Crippen molar-refractivity contribution in [1.82, 2.24) is 0 Å². The van der Waals surface area contributed by atoms with Gasteiger partial charge < -0.3 is 9.47 Å². The van der Waals surface area contributed by atoms with Gasteiger partial charge in [-0.3, -0.25) is 4.79 Å². The summed E-state index contributed by atoms with van der Waals surface area (Å²) in [7, 11) is 0. The molecule has 0 saturated heterocycles. The third kappa shape index (κ3) is 4.60. The van der Waals surface area contributed by atoms with E-state index in [0.29, 0.717) is 27.7 Å². The average Bonchev–Trinajstić information content (AvgIpc) is 2.52. The number of hydrogen-bond donors (Lipinski definition) is 0. The lowest BCUT2D eigenvalue weighted by atomic mass is 10.1. The van der Waals surface area contributed by atoms with Gasteiger partial charge in [0.2, 0.25) is 0 Å². The standard InChI is InChI=1S/C18H14ClNO3/c1-12(19)16-7-17(9-18(8-16)23-13(2)21)22-11-15-6-4-3-5-14(15)10-20/h3-9H,1,11H2,2H3. The van der Waals surface area contributed by atoms with Crippen LogP contribution in [0.25, 0.3) is 5.03 Å². The molecule has 0 unspecified atom stereocenters. The molecule has 0 heterocycles. The van der Waals surface area contributed by atoms with Gasteiger partial charge in [-0.1, -0.05) is 36.4 Å². The van der Waals surface area contributed by atoms with Gasteiger partial charge in [-0.15, -0.1) is 0 Å². The zero-order valence-corrected chi connectivity index (χ0v) is 13.3. The Morgan fingerprint density at radius 3 is 2.61 bits per heavy atom. The molecule has 0 radical (unpaired) electrons. The SMILES string of the molecule is C=C(Cl)c1cc(OCc2ccccc2C#N)cc(OC(C)=O)c1. The second-order valence-corrected chi connectivity index (χ2v) is 5.21. The monoisotopic (exact) mass is 327 g/mol. The van der Waals surface area contributed by atoms with Crippen LogP contribution in [0.1, 0.15) is 23.6 Å². The predicted molar refractivity (Wildman–Crippen MR) is 88.1 cm³/mol. The van der Waals surface area contributed by atoms with Crippen LogP contribution in [0, 0.1) is 11.3 Å². The minimum absolute atomic E-state index is 0.210. The first-order chi connectivity index (χ1) is 11.0. The maximum Gasteiger partial charge on any atom is 0.308 e. The lowest BCUT2D eigenvalue weighted by Gasteiger charge is -2.11. The van der Waals surface area contributed by atoms with Gasteiger partial charge in [-0.2, -0.15) is 5.26 Å². The number of nitriles is 1. The fraction of sp³-hybridized carbons (Fsp3) is 0.111. The summed E-state index contributed by atoms with van der Waals surface area (Å²) in [5, 5.41) is 9.39. The molecule has 23 heavy (non-hydrogen) atoms.